The second-order valence-corrected chi connectivity index (χ2v) is 8.31. The van der Waals surface area contributed by atoms with Gasteiger partial charge in [0.25, 0.3) is 0 Å². The number of hydrogen-bond donors (Lipinski definition) is 0. The third-order valence-corrected chi connectivity index (χ3v) is 5.22. The van der Waals surface area contributed by atoms with Gasteiger partial charge in [-0.1, -0.05) is 33.6 Å². The normalized spacial score (nSPS) is 12.6. The van der Waals surface area contributed by atoms with Crippen LogP contribution in [0.15, 0.2) is 0 Å². The van der Waals surface area contributed by atoms with Crippen molar-refractivity contribution in [2.75, 3.05) is 58.4 Å². The van der Waals surface area contributed by atoms with Crippen molar-refractivity contribution in [1.29, 1.82) is 0 Å². The largest absolute Gasteiger partial charge is 0.748 e. The maximum atomic E-state index is 10.9. The number of unbranched alkanes of at least 4 members (excludes halogenated alkanes) is 2. The van der Waals surface area contributed by atoms with Gasteiger partial charge in [0, 0.05) is 18.8 Å². The number of ether oxygens (including phenoxy) is 2. The molecule has 0 spiro atoms. The summed E-state index contributed by atoms with van der Waals surface area (Å²) in [5, 5.41) is 0. The van der Waals surface area contributed by atoms with Crippen LogP contribution in [0.5, 0.6) is 0 Å². The van der Waals surface area contributed by atoms with Crippen LogP contribution in [0.2, 0.25) is 0 Å². The Bertz CT molecular complexity index is 392. The molecular formula is C18H39NO5S. The summed E-state index contributed by atoms with van der Waals surface area (Å²) in [4.78, 5) is 0. The summed E-state index contributed by atoms with van der Waals surface area (Å²) in [5.74, 6) is -0.267. The Morgan fingerprint density at radius 2 is 1.24 bits per heavy atom. The zero-order valence-electron chi connectivity index (χ0n) is 16.5. The Morgan fingerprint density at radius 3 is 1.72 bits per heavy atom. The van der Waals surface area contributed by atoms with E-state index >= 15 is 0 Å². The minimum absolute atomic E-state index is 0.267. The quantitative estimate of drug-likeness (QED) is 0.207. The molecule has 0 amide bonds. The molecule has 0 bridgehead atoms. The summed E-state index contributed by atoms with van der Waals surface area (Å²) in [6.45, 7) is 12.7. The molecule has 25 heavy (non-hydrogen) atoms. The maximum Gasteiger partial charge on any atom is 0.102 e. The predicted octanol–water partition coefficient (Wildman–Crippen LogP) is 2.78. The fourth-order valence-electron chi connectivity index (χ4n) is 2.96. The topological polar surface area (TPSA) is 75.7 Å². The van der Waals surface area contributed by atoms with E-state index in [1.165, 1.54) is 0 Å². The highest BCUT2D eigenvalue weighted by Gasteiger charge is 2.26. The van der Waals surface area contributed by atoms with Crippen molar-refractivity contribution in [1.82, 2.24) is 0 Å². The molecule has 0 aliphatic rings. The minimum Gasteiger partial charge on any atom is -0.748 e. The molecule has 0 rings (SSSR count). The molecule has 7 heteroatoms. The van der Waals surface area contributed by atoms with E-state index < -0.39 is 10.1 Å². The molecule has 6 nitrogen and oxygen atoms in total. The van der Waals surface area contributed by atoms with E-state index in [2.05, 4.69) is 20.8 Å². The van der Waals surface area contributed by atoms with Gasteiger partial charge < -0.3 is 18.5 Å². The first-order valence-corrected chi connectivity index (χ1v) is 11.4. The second kappa shape index (κ2) is 14.9. The fourth-order valence-corrected chi connectivity index (χ4v) is 3.44. The van der Waals surface area contributed by atoms with Crippen molar-refractivity contribution < 1.29 is 26.9 Å². The number of rotatable bonds is 18. The highest BCUT2D eigenvalue weighted by molar-refractivity contribution is 7.85. The van der Waals surface area contributed by atoms with E-state index in [0.717, 1.165) is 69.4 Å². The van der Waals surface area contributed by atoms with Crippen molar-refractivity contribution in [3.8, 4) is 0 Å². The molecule has 0 aromatic heterocycles. The van der Waals surface area contributed by atoms with Crippen LogP contribution in [0.4, 0.5) is 0 Å². The van der Waals surface area contributed by atoms with Crippen molar-refractivity contribution in [2.45, 2.75) is 59.3 Å². The first-order valence-electron chi connectivity index (χ1n) is 9.83. The summed E-state index contributed by atoms with van der Waals surface area (Å²) in [6.07, 6.45) is 5.87. The summed E-state index contributed by atoms with van der Waals surface area (Å²) in [5.41, 5.74) is 0. The maximum absolute atomic E-state index is 10.9. The van der Waals surface area contributed by atoms with E-state index in [1.54, 1.807) is 0 Å². The van der Waals surface area contributed by atoms with Gasteiger partial charge in [-0.3, -0.25) is 0 Å². The molecule has 0 radical (unpaired) electrons. The number of quaternary nitrogens is 1. The molecule has 0 heterocycles. The molecule has 0 aliphatic heterocycles. The van der Waals surface area contributed by atoms with Crippen LogP contribution in [0, 0.1) is 0 Å². The standard InChI is InChI=1S/C18H39NO5S/c1-4-7-10-19(11-8-5-2,12-9-18-25(20,21)22)13-15-24-17-16-23-14-6-3/h4-18H2,1-3H3. The Balaban J connectivity index is 4.53. The fraction of sp³-hybridized carbons (Fsp3) is 1.00. The van der Waals surface area contributed by atoms with Crippen LogP contribution in [0.3, 0.4) is 0 Å². The Kier molecular flexibility index (Phi) is 14.8. The lowest BCUT2D eigenvalue weighted by atomic mass is 10.2. The Labute approximate surface area is 155 Å². The van der Waals surface area contributed by atoms with Gasteiger partial charge in [-0.2, -0.15) is 0 Å². The number of nitrogens with zero attached hydrogens (tertiary/aromatic N) is 1. The zero-order valence-corrected chi connectivity index (χ0v) is 17.3. The SMILES string of the molecule is CCCC[N+](CCCC)(CCCS(=O)(=O)[O-])CCOCCOCCC. The molecule has 0 aromatic rings. The molecule has 0 fully saturated rings. The van der Waals surface area contributed by atoms with Gasteiger partial charge in [-0.15, -0.1) is 0 Å². The monoisotopic (exact) mass is 381 g/mol. The van der Waals surface area contributed by atoms with Crippen LogP contribution < -0.4 is 0 Å². The lowest BCUT2D eigenvalue weighted by molar-refractivity contribution is -0.929. The Morgan fingerprint density at radius 1 is 0.720 bits per heavy atom. The molecule has 0 aromatic carbocycles. The summed E-state index contributed by atoms with van der Waals surface area (Å²) < 4.78 is 44.8. The first-order chi connectivity index (χ1) is 11.9. The molecule has 0 saturated heterocycles. The molecule has 0 atom stereocenters. The average molecular weight is 382 g/mol. The average Bonchev–Trinajstić information content (AvgIpc) is 2.56. The smallest absolute Gasteiger partial charge is 0.102 e. The molecular weight excluding hydrogens is 342 g/mol. The number of hydrogen-bond acceptors (Lipinski definition) is 5. The van der Waals surface area contributed by atoms with Crippen LogP contribution in [0.25, 0.3) is 0 Å². The molecule has 0 saturated carbocycles. The van der Waals surface area contributed by atoms with E-state index in [9.17, 15) is 13.0 Å². The molecule has 0 aliphatic carbocycles. The van der Waals surface area contributed by atoms with Crippen LogP contribution >= 0.6 is 0 Å². The lowest BCUT2D eigenvalue weighted by Gasteiger charge is -2.39. The molecule has 0 N–H and O–H groups in total. The van der Waals surface area contributed by atoms with Crippen molar-refractivity contribution in [2.24, 2.45) is 0 Å². The van der Waals surface area contributed by atoms with E-state index in [4.69, 9.17) is 9.47 Å². The highest BCUT2D eigenvalue weighted by atomic mass is 32.2. The zero-order chi connectivity index (χ0) is 19.0. The van der Waals surface area contributed by atoms with Gasteiger partial charge in [0.2, 0.25) is 0 Å². The summed E-state index contributed by atoms with van der Waals surface area (Å²) in [6, 6.07) is 0. The van der Waals surface area contributed by atoms with E-state index in [0.29, 0.717) is 26.2 Å². The third-order valence-electron chi connectivity index (χ3n) is 4.43. The lowest BCUT2D eigenvalue weighted by Crippen LogP contribution is -2.52. The summed E-state index contributed by atoms with van der Waals surface area (Å²) in [7, 11) is -4.13. The van der Waals surface area contributed by atoms with Gasteiger partial charge in [0.05, 0.1) is 49.6 Å². The van der Waals surface area contributed by atoms with Crippen LogP contribution in [-0.4, -0.2) is 75.8 Å². The minimum atomic E-state index is -4.13. The van der Waals surface area contributed by atoms with Crippen molar-refractivity contribution in [3.05, 3.63) is 0 Å². The van der Waals surface area contributed by atoms with Crippen molar-refractivity contribution in [3.63, 3.8) is 0 Å². The first kappa shape index (κ1) is 24.8. The van der Waals surface area contributed by atoms with E-state index in [-0.39, 0.29) is 5.75 Å². The second-order valence-electron chi connectivity index (χ2n) is 6.78. The van der Waals surface area contributed by atoms with Gasteiger partial charge in [-0.05, 0) is 19.3 Å². The third kappa shape index (κ3) is 14.6. The van der Waals surface area contributed by atoms with Crippen LogP contribution in [-0.2, 0) is 19.6 Å². The summed E-state index contributed by atoms with van der Waals surface area (Å²) >= 11 is 0. The Hall–Kier alpha value is -0.210. The highest BCUT2D eigenvalue weighted by Crippen LogP contribution is 2.14. The van der Waals surface area contributed by atoms with Crippen molar-refractivity contribution >= 4 is 10.1 Å². The van der Waals surface area contributed by atoms with Gasteiger partial charge in [0.1, 0.15) is 6.54 Å². The van der Waals surface area contributed by atoms with Gasteiger partial charge in [0.15, 0.2) is 0 Å². The van der Waals surface area contributed by atoms with E-state index in [1.807, 2.05) is 0 Å². The van der Waals surface area contributed by atoms with Gasteiger partial charge >= 0.3 is 0 Å². The van der Waals surface area contributed by atoms with Crippen LogP contribution in [0.1, 0.15) is 59.3 Å². The molecule has 0 unspecified atom stereocenters. The molecule has 152 valence electrons. The van der Waals surface area contributed by atoms with Gasteiger partial charge in [-0.25, -0.2) is 8.42 Å². The predicted molar refractivity (Wildman–Crippen MR) is 101 cm³/mol.